The zero-order chi connectivity index (χ0) is 13.4. The standard InChI is InChI=1S/C14H15N3S2/c1-3-10-5-7-19-11(10)8-17-13-12(16-14(17)18)9(2)4-6-15-13/h4-7H,3,8H2,1-2H3,(H,16,18). The molecule has 19 heavy (non-hydrogen) atoms. The monoisotopic (exact) mass is 289 g/mol. The van der Waals surface area contributed by atoms with E-state index < -0.39 is 0 Å². The fourth-order valence-corrected chi connectivity index (χ4v) is 3.50. The zero-order valence-electron chi connectivity index (χ0n) is 10.9. The van der Waals surface area contributed by atoms with E-state index in [9.17, 15) is 0 Å². The molecule has 5 heteroatoms. The Hall–Kier alpha value is -1.46. The quantitative estimate of drug-likeness (QED) is 0.737. The lowest BCUT2D eigenvalue weighted by molar-refractivity contribution is 0.804. The van der Waals surface area contributed by atoms with Gasteiger partial charge < -0.3 is 4.98 Å². The van der Waals surface area contributed by atoms with Gasteiger partial charge in [0.15, 0.2) is 10.4 Å². The number of rotatable bonds is 3. The molecule has 0 atom stereocenters. The topological polar surface area (TPSA) is 33.6 Å². The molecule has 0 unspecified atom stereocenters. The number of nitrogens with zero attached hydrogens (tertiary/aromatic N) is 2. The van der Waals surface area contributed by atoms with Crippen molar-refractivity contribution in [1.29, 1.82) is 0 Å². The van der Waals surface area contributed by atoms with Crippen LogP contribution in [0.4, 0.5) is 0 Å². The molecule has 0 aliphatic rings. The van der Waals surface area contributed by atoms with Gasteiger partial charge in [-0.1, -0.05) is 6.92 Å². The number of thiophene rings is 1. The first kappa shape index (κ1) is 12.6. The molecule has 0 saturated heterocycles. The number of fused-ring (bicyclic) bond motifs is 1. The van der Waals surface area contributed by atoms with Crippen molar-refractivity contribution in [2.75, 3.05) is 0 Å². The van der Waals surface area contributed by atoms with Crippen molar-refractivity contribution in [2.45, 2.75) is 26.8 Å². The minimum absolute atomic E-state index is 0.743. The predicted octanol–water partition coefficient (Wildman–Crippen LogP) is 4.07. The van der Waals surface area contributed by atoms with Gasteiger partial charge >= 0.3 is 0 Å². The fourth-order valence-electron chi connectivity index (χ4n) is 2.28. The summed E-state index contributed by atoms with van der Waals surface area (Å²) >= 11 is 7.22. The lowest BCUT2D eigenvalue weighted by Gasteiger charge is -2.04. The van der Waals surface area contributed by atoms with Crippen molar-refractivity contribution in [1.82, 2.24) is 14.5 Å². The Bertz CT molecular complexity index is 779. The molecule has 3 aromatic heterocycles. The molecule has 98 valence electrons. The van der Waals surface area contributed by atoms with E-state index in [0.717, 1.165) is 28.9 Å². The fraction of sp³-hybridized carbons (Fsp3) is 0.286. The third kappa shape index (κ3) is 2.13. The number of H-pyrrole nitrogens is 1. The summed E-state index contributed by atoms with van der Waals surface area (Å²) in [5, 5.41) is 2.14. The van der Waals surface area contributed by atoms with Gasteiger partial charge in [0.2, 0.25) is 0 Å². The number of aryl methyl sites for hydroxylation is 2. The maximum absolute atomic E-state index is 5.44. The van der Waals surface area contributed by atoms with Gasteiger partial charge in [-0.2, -0.15) is 0 Å². The molecule has 0 saturated carbocycles. The summed E-state index contributed by atoms with van der Waals surface area (Å²) in [5.41, 5.74) is 4.56. The highest BCUT2D eigenvalue weighted by atomic mass is 32.1. The molecule has 3 aromatic rings. The molecule has 3 heterocycles. The van der Waals surface area contributed by atoms with E-state index >= 15 is 0 Å². The number of nitrogens with one attached hydrogen (secondary N) is 1. The molecule has 0 radical (unpaired) electrons. The third-order valence-electron chi connectivity index (χ3n) is 3.39. The second-order valence-electron chi connectivity index (χ2n) is 4.57. The molecule has 3 nitrogen and oxygen atoms in total. The number of pyridine rings is 1. The number of aromatic nitrogens is 3. The summed E-state index contributed by atoms with van der Waals surface area (Å²) in [5.74, 6) is 0. The normalized spacial score (nSPS) is 11.3. The SMILES string of the molecule is CCc1ccsc1Cn1c(=S)[nH]c2c(C)ccnc21. The highest BCUT2D eigenvalue weighted by Crippen LogP contribution is 2.22. The molecule has 0 spiro atoms. The average molecular weight is 289 g/mol. The van der Waals surface area contributed by atoms with Gasteiger partial charge in [-0.05, 0) is 54.2 Å². The Kier molecular flexibility index (Phi) is 3.24. The summed E-state index contributed by atoms with van der Waals surface area (Å²) in [7, 11) is 0. The Morgan fingerprint density at radius 2 is 2.26 bits per heavy atom. The molecule has 3 rings (SSSR count). The summed E-state index contributed by atoms with van der Waals surface area (Å²) in [6.07, 6.45) is 2.90. The number of hydrogen-bond donors (Lipinski definition) is 1. The molecule has 0 aliphatic carbocycles. The van der Waals surface area contributed by atoms with Gasteiger partial charge in [-0.15, -0.1) is 11.3 Å². The van der Waals surface area contributed by atoms with Crippen molar-refractivity contribution in [3.8, 4) is 0 Å². The minimum Gasteiger partial charge on any atom is -0.329 e. The summed E-state index contributed by atoms with van der Waals surface area (Å²) in [6, 6.07) is 4.19. The van der Waals surface area contributed by atoms with Crippen LogP contribution in [0.5, 0.6) is 0 Å². The Morgan fingerprint density at radius 3 is 3.05 bits per heavy atom. The molecule has 0 aliphatic heterocycles. The molecular formula is C14H15N3S2. The van der Waals surface area contributed by atoms with Crippen LogP contribution in [-0.2, 0) is 13.0 Å². The third-order valence-corrected chi connectivity index (χ3v) is 4.66. The van der Waals surface area contributed by atoms with Crippen molar-refractivity contribution < 1.29 is 0 Å². The van der Waals surface area contributed by atoms with E-state index in [1.165, 1.54) is 16.0 Å². The van der Waals surface area contributed by atoms with E-state index in [4.69, 9.17) is 12.2 Å². The van der Waals surface area contributed by atoms with Crippen LogP contribution in [0.15, 0.2) is 23.7 Å². The van der Waals surface area contributed by atoms with E-state index in [-0.39, 0.29) is 0 Å². The first-order valence-corrected chi connectivity index (χ1v) is 7.59. The van der Waals surface area contributed by atoms with Crippen LogP contribution in [-0.4, -0.2) is 14.5 Å². The van der Waals surface area contributed by atoms with Gasteiger partial charge in [-0.25, -0.2) is 4.98 Å². The van der Waals surface area contributed by atoms with Crippen LogP contribution in [0, 0.1) is 11.7 Å². The second-order valence-corrected chi connectivity index (χ2v) is 5.95. The van der Waals surface area contributed by atoms with Crippen LogP contribution in [0.25, 0.3) is 11.2 Å². The van der Waals surface area contributed by atoms with Crippen molar-refractivity contribution in [2.24, 2.45) is 0 Å². The Balaban J connectivity index is 2.13. The Morgan fingerprint density at radius 1 is 1.42 bits per heavy atom. The van der Waals surface area contributed by atoms with E-state index in [1.807, 2.05) is 12.3 Å². The molecule has 0 fully saturated rings. The largest absolute Gasteiger partial charge is 0.329 e. The molecular weight excluding hydrogens is 274 g/mol. The van der Waals surface area contributed by atoms with E-state index in [0.29, 0.717) is 0 Å². The van der Waals surface area contributed by atoms with Crippen LogP contribution in [0.3, 0.4) is 0 Å². The van der Waals surface area contributed by atoms with Gasteiger partial charge in [-0.3, -0.25) is 4.57 Å². The molecule has 0 aromatic carbocycles. The van der Waals surface area contributed by atoms with Crippen LogP contribution in [0.2, 0.25) is 0 Å². The Labute approximate surface area is 120 Å². The van der Waals surface area contributed by atoms with Gasteiger partial charge in [0.25, 0.3) is 0 Å². The van der Waals surface area contributed by atoms with Crippen LogP contribution < -0.4 is 0 Å². The van der Waals surface area contributed by atoms with Crippen LogP contribution in [0.1, 0.15) is 22.9 Å². The smallest absolute Gasteiger partial charge is 0.179 e. The number of imidazole rings is 1. The summed E-state index contributed by atoms with van der Waals surface area (Å²) in [4.78, 5) is 9.10. The first-order valence-electron chi connectivity index (χ1n) is 6.30. The van der Waals surface area contributed by atoms with Crippen molar-refractivity contribution >= 4 is 34.7 Å². The van der Waals surface area contributed by atoms with Gasteiger partial charge in [0, 0.05) is 11.1 Å². The summed E-state index contributed by atoms with van der Waals surface area (Å²) < 4.78 is 2.83. The maximum atomic E-state index is 5.44. The highest BCUT2D eigenvalue weighted by molar-refractivity contribution is 7.71. The van der Waals surface area contributed by atoms with Crippen molar-refractivity contribution in [3.05, 3.63) is 44.5 Å². The molecule has 1 N–H and O–H groups in total. The summed E-state index contributed by atoms with van der Waals surface area (Å²) in [6.45, 7) is 5.06. The molecule has 0 amide bonds. The maximum Gasteiger partial charge on any atom is 0.179 e. The zero-order valence-corrected chi connectivity index (χ0v) is 12.6. The second kappa shape index (κ2) is 4.90. The van der Waals surface area contributed by atoms with Crippen molar-refractivity contribution in [3.63, 3.8) is 0 Å². The average Bonchev–Trinajstić information content (AvgIpc) is 2.97. The number of hydrogen-bond acceptors (Lipinski definition) is 3. The van der Waals surface area contributed by atoms with Gasteiger partial charge in [0.05, 0.1) is 12.1 Å². The number of aromatic amines is 1. The van der Waals surface area contributed by atoms with E-state index in [2.05, 4.69) is 39.8 Å². The lowest BCUT2D eigenvalue weighted by atomic mass is 10.2. The lowest BCUT2D eigenvalue weighted by Crippen LogP contribution is -2.01. The van der Waals surface area contributed by atoms with Gasteiger partial charge in [0.1, 0.15) is 0 Å². The first-order chi connectivity index (χ1) is 9.20. The molecule has 0 bridgehead atoms. The predicted molar refractivity (Wildman–Crippen MR) is 82.5 cm³/mol. The highest BCUT2D eigenvalue weighted by Gasteiger charge is 2.10. The van der Waals surface area contributed by atoms with Crippen LogP contribution >= 0.6 is 23.6 Å². The van der Waals surface area contributed by atoms with E-state index in [1.54, 1.807) is 11.3 Å². The minimum atomic E-state index is 0.743.